The fourth-order valence-electron chi connectivity index (χ4n) is 4.66. The van der Waals surface area contributed by atoms with Crippen molar-refractivity contribution in [1.29, 1.82) is 5.41 Å². The van der Waals surface area contributed by atoms with E-state index in [2.05, 4.69) is 42.7 Å². The summed E-state index contributed by atoms with van der Waals surface area (Å²) < 4.78 is 6.50. The second-order valence-corrected chi connectivity index (χ2v) is 11.8. The molecule has 0 aliphatic heterocycles. The number of esters is 1. The highest BCUT2D eigenvalue weighted by Gasteiger charge is 2.48. The van der Waals surface area contributed by atoms with E-state index in [4.69, 9.17) is 15.9 Å². The van der Waals surface area contributed by atoms with Gasteiger partial charge in [-0.1, -0.05) is 41.9 Å². The summed E-state index contributed by atoms with van der Waals surface area (Å²) in [5.74, 6) is 1.22. The van der Waals surface area contributed by atoms with E-state index < -0.39 is 5.60 Å². The molecular weight excluding hydrogens is 476 g/mol. The van der Waals surface area contributed by atoms with Crippen LogP contribution in [-0.2, 0) is 4.74 Å². The number of ether oxygens (including phenoxy) is 1. The quantitative estimate of drug-likeness (QED) is 0.141. The van der Waals surface area contributed by atoms with E-state index in [9.17, 15) is 4.79 Å². The monoisotopic (exact) mass is 509 g/mol. The molecular formula is C22H33BIN3O2. The number of benzene rings is 1. The van der Waals surface area contributed by atoms with E-state index in [0.717, 1.165) is 37.5 Å². The summed E-state index contributed by atoms with van der Waals surface area (Å²) >= 11 is 2.69. The van der Waals surface area contributed by atoms with E-state index in [0.29, 0.717) is 14.6 Å². The lowest BCUT2D eigenvalue weighted by molar-refractivity contribution is -0.0206. The van der Waals surface area contributed by atoms with Gasteiger partial charge in [-0.05, 0) is 84.9 Å². The van der Waals surface area contributed by atoms with Crippen molar-refractivity contribution in [2.24, 2.45) is 17.6 Å². The third kappa shape index (κ3) is 6.36. The second-order valence-electron chi connectivity index (χ2n) is 9.29. The third-order valence-electron chi connectivity index (χ3n) is 6.60. The van der Waals surface area contributed by atoms with E-state index in [1.54, 1.807) is 24.3 Å². The number of rotatable bonds is 3. The Bertz CT molecular complexity index is 740. The Kier molecular flexibility index (Phi) is 7.17. The van der Waals surface area contributed by atoms with Gasteiger partial charge in [-0.25, -0.2) is 4.79 Å². The molecule has 0 heterocycles. The second kappa shape index (κ2) is 9.27. The maximum atomic E-state index is 12.8. The van der Waals surface area contributed by atoms with Gasteiger partial charge in [0.1, 0.15) is 13.4 Å². The maximum Gasteiger partial charge on any atom is 0.338 e. The summed E-state index contributed by atoms with van der Waals surface area (Å²) in [6.07, 6.45) is 10.6. The summed E-state index contributed by atoms with van der Waals surface area (Å²) in [6, 6.07) is 6.95. The number of guanidine groups is 1. The molecule has 2 fully saturated rings. The van der Waals surface area contributed by atoms with E-state index >= 15 is 0 Å². The zero-order valence-corrected chi connectivity index (χ0v) is 19.8. The van der Waals surface area contributed by atoms with Crippen LogP contribution in [0, 0.1) is 17.2 Å². The van der Waals surface area contributed by atoms with Gasteiger partial charge in [0.25, 0.3) is 0 Å². The zero-order chi connectivity index (χ0) is 21.1. The van der Waals surface area contributed by atoms with Crippen LogP contribution in [-0.4, -0.2) is 28.7 Å². The highest BCUT2D eigenvalue weighted by molar-refractivity contribution is 14.1. The van der Waals surface area contributed by atoms with Gasteiger partial charge in [0.15, 0.2) is 5.96 Å². The largest absolute Gasteiger partial charge is 0.456 e. The number of fused-ring (bicyclic) bond motifs is 1. The van der Waals surface area contributed by atoms with Crippen molar-refractivity contribution in [3.05, 3.63) is 29.8 Å². The third-order valence-corrected chi connectivity index (χ3v) is 7.94. The smallest absolute Gasteiger partial charge is 0.338 e. The average molecular weight is 509 g/mol. The van der Waals surface area contributed by atoms with Crippen LogP contribution in [0.3, 0.4) is 0 Å². The van der Waals surface area contributed by atoms with E-state index in [1.807, 2.05) is 0 Å². The maximum absolute atomic E-state index is 12.8. The van der Waals surface area contributed by atoms with Crippen molar-refractivity contribution in [3.8, 4) is 0 Å². The molecule has 0 aromatic heterocycles. The lowest BCUT2D eigenvalue weighted by atomic mass is 9.77. The molecule has 1 aromatic rings. The number of carbonyl (C=O) groups excluding carboxylic acids is 1. The molecule has 0 spiro atoms. The fraction of sp³-hybridized carbons (Fsp3) is 0.636. The lowest BCUT2D eigenvalue weighted by Crippen LogP contribution is -2.33. The van der Waals surface area contributed by atoms with Crippen molar-refractivity contribution in [3.63, 3.8) is 0 Å². The first kappa shape index (κ1) is 22.4. The van der Waals surface area contributed by atoms with Crippen LogP contribution >= 0.6 is 22.6 Å². The summed E-state index contributed by atoms with van der Waals surface area (Å²) in [6.45, 7) is 2.11. The number of anilines is 1. The Morgan fingerprint density at radius 2 is 1.86 bits per heavy atom. The van der Waals surface area contributed by atoms with Crippen LogP contribution in [0.15, 0.2) is 24.3 Å². The Balaban J connectivity index is 1.63. The van der Waals surface area contributed by atoms with Gasteiger partial charge in [0, 0.05) is 5.69 Å². The zero-order valence-electron chi connectivity index (χ0n) is 17.6. The first-order valence-corrected chi connectivity index (χ1v) is 11.9. The molecule has 4 unspecified atom stereocenters. The normalized spacial score (nSPS) is 32.8. The first-order chi connectivity index (χ1) is 13.7. The molecule has 158 valence electrons. The molecule has 0 radical (unpaired) electrons. The standard InChI is InChI=1S/C22H33BIN3O2/c1-21(29-19(28)15-6-8-17(9-7-15)27-20(25)26)11-4-2-3-5-12-22(23,24)18-14-16(18)10-13-21/h6-9,16,18H,2-5,10-14,23H2,1H3,(H4,25,26,27). The van der Waals surface area contributed by atoms with Crippen molar-refractivity contribution >= 4 is 48.1 Å². The lowest BCUT2D eigenvalue weighted by Gasteiger charge is -2.31. The van der Waals surface area contributed by atoms with Crippen molar-refractivity contribution in [2.75, 3.05) is 5.32 Å². The van der Waals surface area contributed by atoms with Crippen LogP contribution in [0.2, 0.25) is 0 Å². The molecule has 0 amide bonds. The minimum absolute atomic E-state index is 0.123. The van der Waals surface area contributed by atoms with Gasteiger partial charge < -0.3 is 15.8 Å². The van der Waals surface area contributed by atoms with Gasteiger partial charge in [0.2, 0.25) is 0 Å². The molecule has 0 saturated heterocycles. The predicted molar refractivity (Wildman–Crippen MR) is 130 cm³/mol. The van der Waals surface area contributed by atoms with Crippen LogP contribution < -0.4 is 11.1 Å². The molecule has 4 atom stereocenters. The van der Waals surface area contributed by atoms with Crippen LogP contribution in [0.5, 0.6) is 0 Å². The SMILES string of the molecule is BC1(I)CCCCCCC(C)(OC(=O)c2ccc(NC(=N)N)cc2)CCC2CC21. The predicted octanol–water partition coefficient (Wildman–Crippen LogP) is 4.44. The van der Waals surface area contributed by atoms with Crippen molar-refractivity contribution < 1.29 is 9.53 Å². The summed E-state index contributed by atoms with van der Waals surface area (Å²) in [5, 5.41) is 10.0. The van der Waals surface area contributed by atoms with Gasteiger partial charge >= 0.3 is 5.97 Å². The Morgan fingerprint density at radius 1 is 1.21 bits per heavy atom. The number of hydrogen-bond acceptors (Lipinski definition) is 3. The van der Waals surface area contributed by atoms with Crippen molar-refractivity contribution in [2.45, 2.75) is 73.6 Å². The Morgan fingerprint density at radius 3 is 2.52 bits per heavy atom. The van der Waals surface area contributed by atoms with Gasteiger partial charge in [-0.2, -0.15) is 0 Å². The number of nitrogens with one attached hydrogen (secondary N) is 2. The number of hydrogen-bond donors (Lipinski definition) is 3. The molecule has 5 nitrogen and oxygen atoms in total. The van der Waals surface area contributed by atoms with E-state index in [-0.39, 0.29) is 11.9 Å². The highest BCUT2D eigenvalue weighted by Crippen LogP contribution is 2.54. The van der Waals surface area contributed by atoms with Crippen LogP contribution in [0.1, 0.15) is 75.1 Å². The Hall–Kier alpha value is -1.25. The summed E-state index contributed by atoms with van der Waals surface area (Å²) in [4.78, 5) is 12.8. The molecule has 2 aliphatic rings. The molecule has 2 saturated carbocycles. The molecule has 3 rings (SSSR count). The Labute approximate surface area is 189 Å². The van der Waals surface area contributed by atoms with Crippen LogP contribution in [0.4, 0.5) is 5.69 Å². The number of halogens is 1. The fourth-order valence-corrected chi connectivity index (χ4v) is 5.80. The summed E-state index contributed by atoms with van der Waals surface area (Å²) in [5.41, 5.74) is 6.17. The molecule has 4 N–H and O–H groups in total. The number of nitrogens with two attached hydrogens (primary N) is 1. The minimum Gasteiger partial charge on any atom is -0.456 e. The molecule has 1 aromatic carbocycles. The molecule has 2 aliphatic carbocycles. The first-order valence-electron chi connectivity index (χ1n) is 10.8. The molecule has 29 heavy (non-hydrogen) atoms. The topological polar surface area (TPSA) is 88.2 Å². The summed E-state index contributed by atoms with van der Waals surface area (Å²) in [7, 11) is 2.42. The number of alkyl halides is 1. The number of carbonyl (C=O) groups is 1. The van der Waals surface area contributed by atoms with Crippen molar-refractivity contribution in [1.82, 2.24) is 0 Å². The van der Waals surface area contributed by atoms with Gasteiger partial charge in [-0.15, -0.1) is 0 Å². The molecule has 7 heteroatoms. The highest BCUT2D eigenvalue weighted by atomic mass is 127. The van der Waals surface area contributed by atoms with E-state index in [1.165, 1.54) is 32.1 Å². The minimum atomic E-state index is -0.401. The average Bonchev–Trinajstić information content (AvgIpc) is 3.43. The van der Waals surface area contributed by atoms with Gasteiger partial charge in [0.05, 0.1) is 5.56 Å². The van der Waals surface area contributed by atoms with Crippen LogP contribution in [0.25, 0.3) is 0 Å². The van der Waals surface area contributed by atoms with Gasteiger partial charge in [-0.3, -0.25) is 5.41 Å². The molecule has 0 bridgehead atoms.